The molecule has 0 radical (unpaired) electrons. The molecule has 0 fully saturated rings. The van der Waals surface area contributed by atoms with E-state index in [1.165, 1.54) is 24.3 Å². The van der Waals surface area contributed by atoms with Crippen LogP contribution in [-0.4, -0.2) is 128 Å². The second kappa shape index (κ2) is 29.3. The molecule has 78 heavy (non-hydrogen) atoms. The van der Waals surface area contributed by atoms with Gasteiger partial charge in [-0.3, -0.25) is 47.9 Å². The highest BCUT2D eigenvalue weighted by Crippen LogP contribution is 2.22. The molecule has 1 heterocycles. The molecule has 4 aromatic carbocycles. The van der Waals surface area contributed by atoms with E-state index in [0.717, 1.165) is 10.9 Å². The van der Waals surface area contributed by atoms with Gasteiger partial charge in [0.1, 0.15) is 42.0 Å². The van der Waals surface area contributed by atoms with E-state index < -0.39 is 121 Å². The number of para-hydroxylation sites is 1. The second-order valence-electron chi connectivity index (χ2n) is 18.7. The van der Waals surface area contributed by atoms with Crippen molar-refractivity contribution in [2.24, 2.45) is 18.5 Å². The van der Waals surface area contributed by atoms with Crippen molar-refractivity contribution in [1.82, 2.24) is 41.8 Å². The fourth-order valence-corrected chi connectivity index (χ4v) is 8.47. The molecule has 23 heteroatoms. The van der Waals surface area contributed by atoms with Gasteiger partial charge in [-0.1, -0.05) is 111 Å². The zero-order chi connectivity index (χ0) is 56.9. The first-order chi connectivity index (χ1) is 37.2. The van der Waals surface area contributed by atoms with Gasteiger partial charge in [-0.05, 0) is 46.9 Å². The topological polar surface area (TPSA) is 373 Å². The third-order valence-corrected chi connectivity index (χ3v) is 12.6. The summed E-state index contributed by atoms with van der Waals surface area (Å²) in [4.78, 5) is 133. The van der Waals surface area contributed by atoms with Crippen LogP contribution in [0.5, 0.6) is 5.75 Å². The maximum atomic E-state index is 14.5. The Kier molecular flexibility index (Phi) is 22.4. The molecule has 5 rings (SSSR count). The Morgan fingerprint density at radius 3 is 1.56 bits per heavy atom. The number of rotatable bonds is 30. The summed E-state index contributed by atoms with van der Waals surface area (Å²) >= 11 is 0. The Morgan fingerprint density at radius 1 is 0.526 bits per heavy atom. The number of carboxylic acid groups (broad SMARTS) is 2. The summed E-state index contributed by atoms with van der Waals surface area (Å²) in [5.41, 5.74) is 14.5. The summed E-state index contributed by atoms with van der Waals surface area (Å²) in [7, 11) is 1.79. The fraction of sp³-hybridized carbons (Fsp3) is 0.345. The summed E-state index contributed by atoms with van der Waals surface area (Å²) in [5, 5.41) is 47.4. The number of aromatic nitrogens is 1. The third-order valence-electron chi connectivity index (χ3n) is 12.6. The highest BCUT2D eigenvalue weighted by molar-refractivity contribution is 5.98. The lowest BCUT2D eigenvalue weighted by atomic mass is 10.0. The van der Waals surface area contributed by atoms with Crippen molar-refractivity contribution in [1.29, 1.82) is 0 Å². The number of nitrogens with one attached hydrogen (secondary N) is 7. The number of carbonyl (C=O) groups excluding carboxylic acids is 8. The first kappa shape index (κ1) is 59.8. The van der Waals surface area contributed by atoms with Crippen molar-refractivity contribution < 1.29 is 63.3 Å². The van der Waals surface area contributed by atoms with Crippen LogP contribution in [0.4, 0.5) is 0 Å². The van der Waals surface area contributed by atoms with Crippen LogP contribution in [0.2, 0.25) is 0 Å². The fourth-order valence-electron chi connectivity index (χ4n) is 8.47. The van der Waals surface area contributed by atoms with Gasteiger partial charge in [0, 0.05) is 49.8 Å². The number of nitrogens with zero attached hydrogens (tertiary/aromatic N) is 1. The van der Waals surface area contributed by atoms with Gasteiger partial charge in [0.15, 0.2) is 0 Å². The van der Waals surface area contributed by atoms with Crippen molar-refractivity contribution >= 4 is 70.1 Å². The van der Waals surface area contributed by atoms with Gasteiger partial charge in [-0.2, -0.15) is 0 Å². The highest BCUT2D eigenvalue weighted by Gasteiger charge is 2.34. The lowest BCUT2D eigenvalue weighted by Gasteiger charge is -2.26. The normalized spacial score (nSPS) is 13.7. The molecule has 0 aliphatic rings. The lowest BCUT2D eigenvalue weighted by molar-refractivity contribution is -0.141. The molecule has 5 aromatic rings. The SMILES string of the molecule is CCCC[C@H](NC(=O)[C@H](Cc1cn(C)c2ccccc12)NC(=O)CNC(=O)[C@@H](Cc1ccccc1)NC(=O)[C@H](Cc1ccc(O)cc1)NC(=O)[C@@H](N)CC(=O)O)C(=O)N[C@@H](CC(=O)O)C(=O)N[C@@H](Cc1ccccc1)C(N)=O. The molecule has 0 saturated heterocycles. The third kappa shape index (κ3) is 18.6. The van der Waals surface area contributed by atoms with E-state index >= 15 is 0 Å². The van der Waals surface area contributed by atoms with E-state index in [0.29, 0.717) is 35.1 Å². The molecule has 414 valence electrons. The van der Waals surface area contributed by atoms with E-state index in [1.807, 2.05) is 29.7 Å². The molecule has 0 saturated carbocycles. The van der Waals surface area contributed by atoms with Crippen LogP contribution in [0.25, 0.3) is 10.9 Å². The Bertz CT molecular complexity index is 2920. The number of phenols is 1. The summed E-state index contributed by atoms with van der Waals surface area (Å²) in [5.74, 6) is -10.2. The molecule has 23 nitrogen and oxygen atoms in total. The number of aryl methyl sites for hydroxylation is 1. The molecule has 1 aromatic heterocycles. The number of primary amides is 1. The number of carbonyl (C=O) groups is 10. The van der Waals surface area contributed by atoms with Crippen LogP contribution in [0.15, 0.2) is 115 Å². The Hall–Kier alpha value is -9.12. The number of fused-ring (bicyclic) bond motifs is 1. The van der Waals surface area contributed by atoms with Crippen molar-refractivity contribution in [3.63, 3.8) is 0 Å². The average molecular weight is 1080 g/mol. The smallest absolute Gasteiger partial charge is 0.305 e. The highest BCUT2D eigenvalue weighted by atomic mass is 16.4. The largest absolute Gasteiger partial charge is 0.508 e. The van der Waals surface area contributed by atoms with Crippen LogP contribution < -0.4 is 48.7 Å². The van der Waals surface area contributed by atoms with Crippen LogP contribution >= 0.6 is 0 Å². The predicted octanol–water partition coefficient (Wildman–Crippen LogP) is 0.132. The first-order valence-corrected chi connectivity index (χ1v) is 25.2. The number of benzene rings is 4. The van der Waals surface area contributed by atoms with E-state index in [2.05, 4.69) is 37.2 Å². The standard InChI is InChI=1S/C55H66N10O13/c1-3-4-18-39(52(75)64-44(29-48(70)71)55(78)61-40(49(57)72)24-32-13-7-5-8-14-32)60-54(77)43(27-35-31-65(2)45-19-12-11-17-37(35)45)59-46(67)30-58-51(74)41(25-33-15-9-6-10-16-33)63-53(76)42(26-34-20-22-36(66)23-21-34)62-50(73)38(56)28-47(68)69/h5-17,19-23,31,38-44,66H,3-4,18,24-30,56H2,1-2H3,(H2,57,72)(H,58,74)(H,59,67)(H,60,77)(H,61,78)(H,62,73)(H,63,76)(H,64,75)(H,68,69)(H,70,71)/t38-,39-,40-,41+,42-,43-,44-/m0/s1. The molecule has 0 unspecified atom stereocenters. The van der Waals surface area contributed by atoms with E-state index in [9.17, 15) is 63.3 Å². The second-order valence-corrected chi connectivity index (χ2v) is 18.7. The van der Waals surface area contributed by atoms with Gasteiger partial charge in [0.05, 0.1) is 25.4 Å². The molecular weight excluding hydrogens is 1010 g/mol. The first-order valence-electron chi connectivity index (χ1n) is 25.2. The van der Waals surface area contributed by atoms with Gasteiger partial charge in [-0.15, -0.1) is 0 Å². The van der Waals surface area contributed by atoms with Crippen molar-refractivity contribution in [2.75, 3.05) is 6.54 Å². The minimum Gasteiger partial charge on any atom is -0.508 e. The Balaban J connectivity index is 1.36. The van der Waals surface area contributed by atoms with Gasteiger partial charge in [0.25, 0.3) is 0 Å². The Labute approximate surface area is 449 Å². The lowest BCUT2D eigenvalue weighted by Crippen LogP contribution is -2.59. The van der Waals surface area contributed by atoms with Crippen LogP contribution in [0, 0.1) is 0 Å². The van der Waals surface area contributed by atoms with E-state index in [4.69, 9.17) is 11.5 Å². The monoisotopic (exact) mass is 1070 g/mol. The number of amides is 8. The maximum absolute atomic E-state index is 14.5. The van der Waals surface area contributed by atoms with Crippen molar-refractivity contribution in [3.8, 4) is 5.75 Å². The number of carboxylic acids is 2. The number of aliphatic carboxylic acids is 2. The van der Waals surface area contributed by atoms with Crippen LogP contribution in [0.1, 0.15) is 61.3 Å². The van der Waals surface area contributed by atoms with Crippen molar-refractivity contribution in [3.05, 3.63) is 138 Å². The molecular formula is C55H66N10O13. The number of aromatic hydroxyl groups is 1. The molecule has 0 spiro atoms. The molecule has 14 N–H and O–H groups in total. The summed E-state index contributed by atoms with van der Waals surface area (Å²) in [6.07, 6.45) is 0.623. The van der Waals surface area contributed by atoms with Crippen molar-refractivity contribution in [2.45, 2.75) is 107 Å². The number of hydrogen-bond donors (Lipinski definition) is 12. The Morgan fingerprint density at radius 2 is 0.987 bits per heavy atom. The zero-order valence-electron chi connectivity index (χ0n) is 43.1. The molecule has 7 atom stereocenters. The predicted molar refractivity (Wildman–Crippen MR) is 285 cm³/mol. The zero-order valence-corrected chi connectivity index (χ0v) is 43.1. The van der Waals surface area contributed by atoms with Gasteiger partial charge < -0.3 is 68.6 Å². The number of hydrogen-bond acceptors (Lipinski definition) is 12. The molecule has 0 bridgehead atoms. The number of nitrogens with two attached hydrogens (primary N) is 2. The molecule has 8 amide bonds. The minimum absolute atomic E-state index is 0.0154. The quantitative estimate of drug-likeness (QED) is 0.0291. The van der Waals surface area contributed by atoms with Crippen LogP contribution in [-0.2, 0) is 80.7 Å². The maximum Gasteiger partial charge on any atom is 0.305 e. The summed E-state index contributed by atoms with van der Waals surface area (Å²) in [6, 6.07) is 20.0. The minimum atomic E-state index is -1.72. The molecule has 0 aliphatic heterocycles. The van der Waals surface area contributed by atoms with Gasteiger partial charge >= 0.3 is 11.9 Å². The van der Waals surface area contributed by atoms with E-state index in [-0.39, 0.29) is 37.9 Å². The summed E-state index contributed by atoms with van der Waals surface area (Å²) < 4.78 is 1.82. The van der Waals surface area contributed by atoms with Gasteiger partial charge in [0.2, 0.25) is 47.3 Å². The number of phenolic OH excluding ortho intramolecular Hbond substituents is 1. The summed E-state index contributed by atoms with van der Waals surface area (Å²) in [6.45, 7) is 1.09. The number of unbranched alkanes of at least 4 members (excludes halogenated alkanes) is 1. The van der Waals surface area contributed by atoms with Gasteiger partial charge in [-0.25, -0.2) is 0 Å². The average Bonchev–Trinajstić information content (AvgIpc) is 3.73. The molecule has 0 aliphatic carbocycles. The van der Waals surface area contributed by atoms with Crippen LogP contribution in [0.3, 0.4) is 0 Å². The van der Waals surface area contributed by atoms with E-state index in [1.54, 1.807) is 80.0 Å².